The monoisotopic (exact) mass is 271 g/mol. The van der Waals surface area contributed by atoms with Gasteiger partial charge >= 0.3 is 0 Å². The van der Waals surface area contributed by atoms with Gasteiger partial charge in [0.15, 0.2) is 0 Å². The first-order valence-corrected chi connectivity index (χ1v) is 8.36. The summed E-state index contributed by atoms with van der Waals surface area (Å²) in [5.74, 6) is 0.910. The highest BCUT2D eigenvalue weighted by atomic mass is 16.3. The van der Waals surface area contributed by atoms with Crippen LogP contribution in [0, 0.1) is 5.92 Å². The number of rotatable bonds is 1. The van der Waals surface area contributed by atoms with Gasteiger partial charge in [0.1, 0.15) is 0 Å². The van der Waals surface area contributed by atoms with E-state index in [1.54, 1.807) is 0 Å². The molecule has 2 aliphatic carbocycles. The van der Waals surface area contributed by atoms with Gasteiger partial charge < -0.3 is 5.11 Å². The minimum Gasteiger partial charge on any atom is -0.387 e. The molecule has 108 valence electrons. The number of piperidine rings is 1. The predicted molar refractivity (Wildman–Crippen MR) is 80.6 cm³/mol. The lowest BCUT2D eigenvalue weighted by molar-refractivity contribution is -0.0149. The molecule has 0 amide bonds. The quantitative estimate of drug-likeness (QED) is 0.847. The molecule has 0 bridgehead atoms. The highest BCUT2D eigenvalue weighted by molar-refractivity contribution is 5.32. The van der Waals surface area contributed by atoms with Crippen molar-refractivity contribution in [3.63, 3.8) is 0 Å². The van der Waals surface area contributed by atoms with Gasteiger partial charge in [-0.2, -0.15) is 0 Å². The summed E-state index contributed by atoms with van der Waals surface area (Å²) in [6.07, 6.45) is 8.89. The van der Waals surface area contributed by atoms with Crippen LogP contribution in [0.15, 0.2) is 24.3 Å². The smallest absolute Gasteiger partial charge is 0.0948 e. The number of aliphatic hydroxyl groups excluding tert-OH is 1. The van der Waals surface area contributed by atoms with Crippen LogP contribution in [0.4, 0.5) is 0 Å². The van der Waals surface area contributed by atoms with Crippen LogP contribution in [0.5, 0.6) is 0 Å². The number of hydrogen-bond acceptors (Lipinski definition) is 2. The second-order valence-electron chi connectivity index (χ2n) is 6.89. The van der Waals surface area contributed by atoms with Crippen molar-refractivity contribution >= 4 is 0 Å². The van der Waals surface area contributed by atoms with E-state index < -0.39 is 0 Å². The predicted octanol–water partition coefficient (Wildman–Crippen LogP) is 3.30. The van der Waals surface area contributed by atoms with Crippen LogP contribution >= 0.6 is 0 Å². The Kier molecular flexibility index (Phi) is 3.31. The summed E-state index contributed by atoms with van der Waals surface area (Å²) in [7, 11) is 0. The minimum absolute atomic E-state index is 0.278. The molecule has 3 aliphatic rings. The Bertz CT molecular complexity index is 486. The largest absolute Gasteiger partial charge is 0.387 e. The number of nitrogens with zero attached hydrogens (tertiary/aromatic N) is 1. The number of fused-ring (bicyclic) bond motifs is 2. The summed E-state index contributed by atoms with van der Waals surface area (Å²) in [6.45, 7) is 1.20. The van der Waals surface area contributed by atoms with Gasteiger partial charge in [0, 0.05) is 12.1 Å². The zero-order valence-corrected chi connectivity index (χ0v) is 12.2. The summed E-state index contributed by atoms with van der Waals surface area (Å²) >= 11 is 0. The SMILES string of the molecule is OC1c2ccccc2CCC1N1CCCC2CCCC21. The van der Waals surface area contributed by atoms with Crippen molar-refractivity contribution < 1.29 is 5.11 Å². The van der Waals surface area contributed by atoms with Crippen LogP contribution in [0.25, 0.3) is 0 Å². The summed E-state index contributed by atoms with van der Waals surface area (Å²) < 4.78 is 0. The highest BCUT2D eigenvalue weighted by Gasteiger charge is 2.41. The van der Waals surface area contributed by atoms with Crippen molar-refractivity contribution in [3.05, 3.63) is 35.4 Å². The molecule has 1 heterocycles. The summed E-state index contributed by atoms with van der Waals surface area (Å²) in [6, 6.07) is 9.59. The lowest BCUT2D eigenvalue weighted by atomic mass is 9.82. The first-order valence-electron chi connectivity index (χ1n) is 8.36. The molecule has 1 saturated heterocycles. The molecule has 0 radical (unpaired) electrons. The van der Waals surface area contributed by atoms with Gasteiger partial charge in [-0.15, -0.1) is 0 Å². The standard InChI is InChI=1S/C18H25NO/c20-18-15-8-2-1-5-13(15)10-11-17(18)19-12-4-7-14-6-3-9-16(14)19/h1-2,5,8,14,16-18,20H,3-4,6-7,9-12H2. The molecule has 1 saturated carbocycles. The molecule has 0 spiro atoms. The number of benzene rings is 1. The molecule has 4 rings (SSSR count). The Morgan fingerprint density at radius 1 is 0.950 bits per heavy atom. The molecule has 1 aliphatic heterocycles. The van der Waals surface area contributed by atoms with Crippen LogP contribution < -0.4 is 0 Å². The molecule has 4 unspecified atom stereocenters. The van der Waals surface area contributed by atoms with Gasteiger partial charge in [0.25, 0.3) is 0 Å². The molecule has 0 aromatic heterocycles. The van der Waals surface area contributed by atoms with Gasteiger partial charge in [-0.05, 0) is 62.1 Å². The number of aryl methyl sites for hydroxylation is 1. The third-order valence-corrected chi connectivity index (χ3v) is 5.91. The zero-order valence-electron chi connectivity index (χ0n) is 12.2. The second-order valence-corrected chi connectivity index (χ2v) is 6.89. The summed E-state index contributed by atoms with van der Waals surface area (Å²) in [5, 5.41) is 10.9. The van der Waals surface area contributed by atoms with Gasteiger partial charge in [0.05, 0.1) is 6.10 Å². The molecule has 2 nitrogen and oxygen atoms in total. The summed E-state index contributed by atoms with van der Waals surface area (Å²) in [4.78, 5) is 2.68. The zero-order chi connectivity index (χ0) is 13.5. The van der Waals surface area contributed by atoms with Crippen LogP contribution in [0.3, 0.4) is 0 Å². The van der Waals surface area contributed by atoms with Crippen molar-refractivity contribution in [2.45, 2.75) is 63.1 Å². The number of likely N-dealkylation sites (tertiary alicyclic amines) is 1. The van der Waals surface area contributed by atoms with E-state index in [0.717, 1.165) is 24.8 Å². The number of hydrogen-bond donors (Lipinski definition) is 1. The Morgan fingerprint density at radius 3 is 2.75 bits per heavy atom. The lowest BCUT2D eigenvalue weighted by Crippen LogP contribution is -2.51. The molecule has 4 atom stereocenters. The minimum atomic E-state index is -0.278. The maximum absolute atomic E-state index is 10.9. The van der Waals surface area contributed by atoms with Crippen molar-refractivity contribution in [2.75, 3.05) is 6.54 Å². The van der Waals surface area contributed by atoms with E-state index in [1.165, 1.54) is 49.8 Å². The van der Waals surface area contributed by atoms with Crippen molar-refractivity contribution in [3.8, 4) is 0 Å². The molecular formula is C18H25NO. The fourth-order valence-electron chi connectivity index (χ4n) is 4.97. The van der Waals surface area contributed by atoms with E-state index in [9.17, 15) is 5.11 Å². The fourth-order valence-corrected chi connectivity index (χ4v) is 4.97. The van der Waals surface area contributed by atoms with E-state index in [4.69, 9.17) is 0 Å². The van der Waals surface area contributed by atoms with Gasteiger partial charge in [-0.1, -0.05) is 30.7 Å². The fraction of sp³-hybridized carbons (Fsp3) is 0.667. The van der Waals surface area contributed by atoms with Gasteiger partial charge in [-0.25, -0.2) is 0 Å². The highest BCUT2D eigenvalue weighted by Crippen LogP contribution is 2.42. The Morgan fingerprint density at radius 2 is 1.80 bits per heavy atom. The Balaban J connectivity index is 1.60. The molecule has 1 N–H and O–H groups in total. The molecule has 1 aromatic rings. The Hall–Kier alpha value is -0.860. The van der Waals surface area contributed by atoms with Crippen LogP contribution in [0.2, 0.25) is 0 Å². The molecule has 2 fully saturated rings. The van der Waals surface area contributed by atoms with Crippen LogP contribution in [-0.2, 0) is 6.42 Å². The van der Waals surface area contributed by atoms with Crippen molar-refractivity contribution in [2.24, 2.45) is 5.92 Å². The van der Waals surface area contributed by atoms with E-state index in [-0.39, 0.29) is 6.10 Å². The topological polar surface area (TPSA) is 23.5 Å². The second kappa shape index (κ2) is 5.16. The average Bonchev–Trinajstić information content (AvgIpc) is 2.97. The average molecular weight is 271 g/mol. The van der Waals surface area contributed by atoms with Gasteiger partial charge in [-0.3, -0.25) is 4.90 Å². The third kappa shape index (κ3) is 2.01. The lowest BCUT2D eigenvalue weighted by Gasteiger charge is -2.46. The van der Waals surface area contributed by atoms with E-state index in [1.807, 2.05) is 0 Å². The maximum Gasteiger partial charge on any atom is 0.0948 e. The van der Waals surface area contributed by atoms with Gasteiger partial charge in [0.2, 0.25) is 0 Å². The van der Waals surface area contributed by atoms with Crippen molar-refractivity contribution in [1.29, 1.82) is 0 Å². The third-order valence-electron chi connectivity index (χ3n) is 5.91. The first kappa shape index (κ1) is 12.8. The van der Waals surface area contributed by atoms with Crippen molar-refractivity contribution in [1.82, 2.24) is 4.90 Å². The normalized spacial score (nSPS) is 37.5. The van der Waals surface area contributed by atoms with E-state index in [0.29, 0.717) is 6.04 Å². The number of aliphatic hydroxyl groups is 1. The Labute approximate surface area is 121 Å². The van der Waals surface area contributed by atoms with E-state index in [2.05, 4.69) is 29.2 Å². The molecule has 20 heavy (non-hydrogen) atoms. The summed E-state index contributed by atoms with van der Waals surface area (Å²) in [5.41, 5.74) is 2.54. The molecule has 1 aromatic carbocycles. The van der Waals surface area contributed by atoms with Crippen LogP contribution in [0.1, 0.15) is 55.8 Å². The molecule has 2 heteroatoms. The molecular weight excluding hydrogens is 246 g/mol. The first-order chi connectivity index (χ1) is 9.84. The van der Waals surface area contributed by atoms with E-state index >= 15 is 0 Å². The maximum atomic E-state index is 10.9. The van der Waals surface area contributed by atoms with Crippen LogP contribution in [-0.4, -0.2) is 28.6 Å².